The van der Waals surface area contributed by atoms with E-state index in [1.54, 1.807) is 30.3 Å². The number of esters is 1. The largest absolute Gasteiger partial charge is 0.750 e. The minimum atomic E-state index is -2.57. The third-order valence-electron chi connectivity index (χ3n) is 3.59. The minimum Gasteiger partial charge on any atom is -0.750 e. The summed E-state index contributed by atoms with van der Waals surface area (Å²) in [4.78, 5) is 12.0. The molecule has 0 bridgehead atoms. The second kappa shape index (κ2) is 7.04. The van der Waals surface area contributed by atoms with E-state index in [1.165, 1.54) is 18.2 Å². The van der Waals surface area contributed by atoms with E-state index in [9.17, 15) is 17.9 Å². The highest BCUT2D eigenvalue weighted by atomic mass is 32.2. The van der Waals surface area contributed by atoms with Crippen LogP contribution in [0.4, 0.5) is 4.39 Å². The van der Waals surface area contributed by atoms with Crippen molar-refractivity contribution in [3.8, 4) is 0 Å². The number of rotatable bonds is 5. The number of cyclic esters (lactones) is 1. The predicted molar refractivity (Wildman–Crippen MR) is 84.3 cm³/mol. The predicted octanol–water partition coefficient (Wildman–Crippen LogP) is 2.60. The molecule has 0 saturated carbocycles. The van der Waals surface area contributed by atoms with Gasteiger partial charge in [0.1, 0.15) is 12.4 Å². The first-order valence-electron chi connectivity index (χ1n) is 7.02. The van der Waals surface area contributed by atoms with Crippen molar-refractivity contribution in [1.82, 2.24) is 0 Å². The van der Waals surface area contributed by atoms with E-state index in [2.05, 4.69) is 4.18 Å². The zero-order chi connectivity index (χ0) is 17.1. The third kappa shape index (κ3) is 3.59. The molecule has 1 unspecified atom stereocenters. The number of hydrogen-bond acceptors (Lipinski definition) is 5. The van der Waals surface area contributed by atoms with E-state index >= 15 is 0 Å². The van der Waals surface area contributed by atoms with Gasteiger partial charge in [-0.2, -0.15) is 0 Å². The Balaban J connectivity index is 1.94. The lowest BCUT2D eigenvalue weighted by molar-refractivity contribution is -0.133. The number of halogens is 1. The van der Waals surface area contributed by atoms with Crippen LogP contribution < -0.4 is 0 Å². The van der Waals surface area contributed by atoms with Gasteiger partial charge < -0.3 is 9.29 Å². The van der Waals surface area contributed by atoms with Crippen LogP contribution in [0.3, 0.4) is 0 Å². The van der Waals surface area contributed by atoms with Crippen LogP contribution in [-0.4, -0.2) is 21.3 Å². The SMILES string of the molecule is O=C1OCC(c2ccc(COS(=O)[O-])cc2)=C1c1cccc(F)c1. The number of carbonyl (C=O) groups is 1. The van der Waals surface area contributed by atoms with Crippen LogP contribution in [0.5, 0.6) is 0 Å². The molecule has 0 aliphatic carbocycles. The Labute approximate surface area is 140 Å². The summed E-state index contributed by atoms with van der Waals surface area (Å²) in [5.41, 5.74) is 2.86. The summed E-state index contributed by atoms with van der Waals surface area (Å²) < 4.78 is 43.8. The lowest BCUT2D eigenvalue weighted by Gasteiger charge is -2.08. The second-order valence-corrected chi connectivity index (χ2v) is 5.75. The molecule has 2 aromatic carbocycles. The van der Waals surface area contributed by atoms with Crippen molar-refractivity contribution in [1.29, 1.82) is 0 Å². The number of benzene rings is 2. The molecular weight excluding hydrogens is 335 g/mol. The molecule has 0 aromatic heterocycles. The fourth-order valence-corrected chi connectivity index (χ4v) is 2.72. The summed E-state index contributed by atoms with van der Waals surface area (Å²) in [6.45, 7) is 0.0345. The Morgan fingerprint density at radius 2 is 1.92 bits per heavy atom. The van der Waals surface area contributed by atoms with Gasteiger partial charge in [-0.1, -0.05) is 36.4 Å². The Morgan fingerprint density at radius 1 is 1.17 bits per heavy atom. The molecule has 5 nitrogen and oxygen atoms in total. The zero-order valence-corrected chi connectivity index (χ0v) is 13.2. The Kier molecular flexibility index (Phi) is 4.84. The highest BCUT2D eigenvalue weighted by molar-refractivity contribution is 7.74. The summed E-state index contributed by atoms with van der Waals surface area (Å²) >= 11 is -2.57. The van der Waals surface area contributed by atoms with Gasteiger partial charge in [-0.25, -0.2) is 13.4 Å². The molecule has 3 rings (SSSR count). The van der Waals surface area contributed by atoms with Crippen molar-refractivity contribution in [3.05, 3.63) is 71.0 Å². The fraction of sp³-hybridized carbons (Fsp3) is 0.118. The Hall–Kier alpha value is -2.35. The highest BCUT2D eigenvalue weighted by Gasteiger charge is 2.27. The molecule has 0 saturated heterocycles. The molecule has 1 heterocycles. The third-order valence-corrected chi connectivity index (χ3v) is 3.90. The molecule has 0 amide bonds. The van der Waals surface area contributed by atoms with Gasteiger partial charge in [-0.05, 0) is 28.8 Å². The van der Waals surface area contributed by atoms with Gasteiger partial charge in [0.15, 0.2) is 0 Å². The smallest absolute Gasteiger partial charge is 0.339 e. The molecule has 1 atom stereocenters. The lowest BCUT2D eigenvalue weighted by Crippen LogP contribution is -1.99. The zero-order valence-electron chi connectivity index (χ0n) is 12.4. The molecule has 1 aliphatic rings. The average Bonchev–Trinajstić information content (AvgIpc) is 2.95. The van der Waals surface area contributed by atoms with Crippen molar-refractivity contribution in [2.24, 2.45) is 0 Å². The fourth-order valence-electron chi connectivity index (χ4n) is 2.49. The van der Waals surface area contributed by atoms with Crippen LogP contribution in [0.2, 0.25) is 0 Å². The molecular formula is C17H12FO5S-. The lowest BCUT2D eigenvalue weighted by atomic mass is 9.96. The van der Waals surface area contributed by atoms with Crippen molar-refractivity contribution in [2.75, 3.05) is 6.61 Å². The van der Waals surface area contributed by atoms with Crippen LogP contribution in [0.15, 0.2) is 48.5 Å². The highest BCUT2D eigenvalue weighted by Crippen LogP contribution is 2.33. The monoisotopic (exact) mass is 347 g/mol. The summed E-state index contributed by atoms with van der Waals surface area (Å²) in [5.74, 6) is -0.929. The van der Waals surface area contributed by atoms with Gasteiger partial charge in [-0.3, -0.25) is 4.18 Å². The first-order chi connectivity index (χ1) is 11.5. The standard InChI is InChI=1S/C17H13FO5S/c18-14-3-1-2-13(8-14)16-15(10-22-17(16)19)12-6-4-11(5-7-12)9-23-24(20)21/h1-8H,9-10H2,(H,20,21)/p-1. The minimum absolute atomic E-state index is 0.0678. The Morgan fingerprint density at radius 3 is 2.58 bits per heavy atom. The topological polar surface area (TPSA) is 75.7 Å². The van der Waals surface area contributed by atoms with E-state index in [1.807, 2.05) is 0 Å². The van der Waals surface area contributed by atoms with E-state index in [4.69, 9.17) is 4.74 Å². The summed E-state index contributed by atoms with van der Waals surface area (Å²) in [5, 5.41) is 0. The summed E-state index contributed by atoms with van der Waals surface area (Å²) in [7, 11) is 0. The molecule has 124 valence electrons. The van der Waals surface area contributed by atoms with Gasteiger partial charge in [0.05, 0.1) is 23.5 Å². The molecule has 0 radical (unpaired) electrons. The van der Waals surface area contributed by atoms with Crippen LogP contribution in [0, 0.1) is 5.82 Å². The summed E-state index contributed by atoms with van der Waals surface area (Å²) in [6.07, 6.45) is 0. The molecule has 24 heavy (non-hydrogen) atoms. The number of hydrogen-bond donors (Lipinski definition) is 0. The van der Waals surface area contributed by atoms with Crippen molar-refractivity contribution < 1.29 is 26.9 Å². The number of ether oxygens (including phenoxy) is 1. The van der Waals surface area contributed by atoms with Crippen molar-refractivity contribution >= 4 is 28.5 Å². The van der Waals surface area contributed by atoms with Crippen LogP contribution >= 0.6 is 0 Å². The van der Waals surface area contributed by atoms with Gasteiger partial charge in [0.25, 0.3) is 0 Å². The molecule has 0 spiro atoms. The molecule has 7 heteroatoms. The second-order valence-electron chi connectivity index (χ2n) is 5.10. The maximum atomic E-state index is 13.4. The molecule has 0 fully saturated rings. The van der Waals surface area contributed by atoms with E-state index in [-0.39, 0.29) is 13.2 Å². The molecule has 1 aliphatic heterocycles. The van der Waals surface area contributed by atoms with E-state index in [0.717, 1.165) is 5.56 Å². The van der Waals surface area contributed by atoms with Gasteiger partial charge >= 0.3 is 5.97 Å². The quantitative estimate of drug-likeness (QED) is 0.614. The first-order valence-corrected chi connectivity index (χ1v) is 8.02. The van der Waals surface area contributed by atoms with Crippen molar-refractivity contribution in [3.63, 3.8) is 0 Å². The van der Waals surface area contributed by atoms with E-state index < -0.39 is 23.1 Å². The van der Waals surface area contributed by atoms with Gasteiger partial charge in [-0.15, -0.1) is 0 Å². The maximum Gasteiger partial charge on any atom is 0.339 e. The number of carbonyl (C=O) groups excluding carboxylic acids is 1. The van der Waals surface area contributed by atoms with Crippen molar-refractivity contribution in [2.45, 2.75) is 6.61 Å². The normalized spacial score (nSPS) is 15.5. The average molecular weight is 347 g/mol. The molecule has 0 N–H and O–H groups in total. The van der Waals surface area contributed by atoms with E-state index in [0.29, 0.717) is 22.3 Å². The molecule has 2 aromatic rings. The maximum absolute atomic E-state index is 13.4. The van der Waals surface area contributed by atoms with Gasteiger partial charge in [0.2, 0.25) is 0 Å². The van der Waals surface area contributed by atoms with Crippen LogP contribution in [-0.2, 0) is 31.7 Å². The first kappa shape index (κ1) is 16.5. The van der Waals surface area contributed by atoms with Crippen LogP contribution in [0.25, 0.3) is 11.1 Å². The van der Waals surface area contributed by atoms with Crippen LogP contribution in [0.1, 0.15) is 16.7 Å². The van der Waals surface area contributed by atoms with Gasteiger partial charge in [0, 0.05) is 5.57 Å². The summed E-state index contributed by atoms with van der Waals surface area (Å²) in [6, 6.07) is 12.6. The Bertz CT molecular complexity index is 829.